The van der Waals surface area contributed by atoms with Crippen LogP contribution in [-0.4, -0.2) is 59.3 Å². The molecule has 0 aliphatic carbocycles. The Bertz CT molecular complexity index is 1360. The Kier molecular flexibility index (Phi) is 6.90. The fourth-order valence-electron chi connectivity index (χ4n) is 4.70. The van der Waals surface area contributed by atoms with Crippen LogP contribution in [0.5, 0.6) is 17.4 Å². The van der Waals surface area contributed by atoms with Crippen LogP contribution in [0.2, 0.25) is 0 Å². The molecule has 1 unspecified atom stereocenters. The van der Waals surface area contributed by atoms with Crippen molar-refractivity contribution in [3.8, 4) is 23.4 Å². The number of aryl methyl sites for hydroxylation is 1. The molecule has 3 N–H and O–H groups in total. The minimum absolute atomic E-state index is 0.00184. The quantitative estimate of drug-likeness (QED) is 0.524. The van der Waals surface area contributed by atoms with Crippen LogP contribution < -0.4 is 20.1 Å². The molecule has 37 heavy (non-hydrogen) atoms. The molecule has 0 bridgehead atoms. The van der Waals surface area contributed by atoms with Crippen LogP contribution in [0.4, 0.5) is 10.2 Å². The molecule has 0 spiro atoms. The number of rotatable bonds is 6. The van der Waals surface area contributed by atoms with E-state index in [1.54, 1.807) is 30.3 Å². The number of fused-ring (bicyclic) bond motifs is 1. The Morgan fingerprint density at radius 3 is 2.59 bits per heavy atom. The predicted molar refractivity (Wildman–Crippen MR) is 135 cm³/mol. The molecule has 3 aromatic rings. The minimum atomic E-state index is -0.485. The number of benzene rings is 2. The number of ether oxygens (including phenoxy) is 2. The maximum Gasteiger partial charge on any atom is 0.224 e. The summed E-state index contributed by atoms with van der Waals surface area (Å²) >= 11 is 0. The lowest BCUT2D eigenvalue weighted by atomic mass is 9.83. The predicted octanol–water partition coefficient (Wildman–Crippen LogP) is 3.05. The molecule has 1 aromatic heterocycles. The molecule has 5 rings (SSSR count). The van der Waals surface area contributed by atoms with Gasteiger partial charge in [-0.15, -0.1) is 0 Å². The van der Waals surface area contributed by atoms with E-state index in [0.717, 1.165) is 43.1 Å². The highest BCUT2D eigenvalue weighted by molar-refractivity contribution is 5.57. The van der Waals surface area contributed by atoms with Gasteiger partial charge in [-0.1, -0.05) is 18.2 Å². The second-order valence-electron chi connectivity index (χ2n) is 8.94. The number of anilines is 1. The molecule has 3 heterocycles. The molecule has 0 radical (unpaired) electrons. The molecule has 190 valence electrons. The molecular weight excluding hydrogens is 475 g/mol. The lowest BCUT2D eigenvalue weighted by Crippen LogP contribution is -2.47. The number of aliphatic hydroxyl groups is 1. The van der Waals surface area contributed by atoms with Crippen LogP contribution in [0, 0.1) is 24.1 Å². The molecular formula is C27H27FN6O3. The monoisotopic (exact) mass is 502 g/mol. The van der Waals surface area contributed by atoms with Crippen molar-refractivity contribution in [1.82, 2.24) is 14.9 Å². The van der Waals surface area contributed by atoms with Gasteiger partial charge in [-0.25, -0.2) is 9.37 Å². The van der Waals surface area contributed by atoms with Gasteiger partial charge in [0.15, 0.2) is 0 Å². The number of aromatic nitrogens is 2. The number of hydrogen-bond acceptors (Lipinski definition) is 9. The van der Waals surface area contributed by atoms with Gasteiger partial charge in [-0.05, 0) is 30.7 Å². The molecule has 10 heteroatoms. The molecule has 2 aliphatic heterocycles. The standard InChI is InChI=1S/C27H27FN6O3/c1-17-31-24(34-10-8-33(9-11-34)12-13-35)15-25(32-17)36-20-6-7-21-23(14-20)37-27(30)22(16-29)26(21)18-2-4-19(28)5-3-18/h2-7,14-15,26,35H,8-13,30H2,1H3. The first-order valence-corrected chi connectivity index (χ1v) is 12.0. The zero-order valence-corrected chi connectivity index (χ0v) is 20.4. The lowest BCUT2D eigenvalue weighted by Gasteiger charge is -2.35. The third kappa shape index (κ3) is 5.18. The van der Waals surface area contributed by atoms with Crippen LogP contribution in [-0.2, 0) is 0 Å². The van der Waals surface area contributed by atoms with Crippen molar-refractivity contribution in [2.24, 2.45) is 5.73 Å². The van der Waals surface area contributed by atoms with Crippen molar-refractivity contribution in [2.75, 3.05) is 44.2 Å². The fraction of sp³-hybridized carbons (Fsp3) is 0.296. The molecule has 2 aliphatic rings. The third-order valence-corrected chi connectivity index (χ3v) is 6.53. The summed E-state index contributed by atoms with van der Waals surface area (Å²) in [7, 11) is 0. The van der Waals surface area contributed by atoms with E-state index in [-0.39, 0.29) is 23.9 Å². The SMILES string of the molecule is Cc1nc(Oc2ccc3c(c2)OC(N)=C(C#N)C3c2ccc(F)cc2)cc(N2CCN(CCO)CC2)n1. The molecule has 9 nitrogen and oxygen atoms in total. The summed E-state index contributed by atoms with van der Waals surface area (Å²) in [4.78, 5) is 13.4. The summed E-state index contributed by atoms with van der Waals surface area (Å²) in [5, 5.41) is 18.9. The number of hydrogen-bond donors (Lipinski definition) is 2. The highest BCUT2D eigenvalue weighted by Crippen LogP contribution is 2.43. The number of nitrogens with two attached hydrogens (primary N) is 1. The largest absolute Gasteiger partial charge is 0.440 e. The number of nitriles is 1. The van der Waals surface area contributed by atoms with Crippen molar-refractivity contribution in [1.29, 1.82) is 5.26 Å². The number of halogens is 1. The van der Waals surface area contributed by atoms with Crippen LogP contribution in [0.15, 0.2) is 60.0 Å². The van der Waals surface area contributed by atoms with Crippen LogP contribution >= 0.6 is 0 Å². The van der Waals surface area contributed by atoms with Gasteiger partial charge < -0.3 is 25.2 Å². The summed E-state index contributed by atoms with van der Waals surface area (Å²) in [6, 6.07) is 15.2. The molecule has 0 amide bonds. The Labute approximate surface area is 214 Å². The van der Waals surface area contributed by atoms with Crippen LogP contribution in [0.3, 0.4) is 0 Å². The number of piperazine rings is 1. The van der Waals surface area contributed by atoms with Crippen LogP contribution in [0.25, 0.3) is 0 Å². The van der Waals surface area contributed by atoms with Gasteiger partial charge in [0, 0.05) is 50.4 Å². The van der Waals surface area contributed by atoms with Gasteiger partial charge in [0.05, 0.1) is 12.5 Å². The van der Waals surface area contributed by atoms with Gasteiger partial charge >= 0.3 is 0 Å². The van der Waals surface area contributed by atoms with E-state index in [1.165, 1.54) is 12.1 Å². The average molecular weight is 503 g/mol. The summed E-state index contributed by atoms with van der Waals surface area (Å²) in [5.41, 5.74) is 7.82. The van der Waals surface area contributed by atoms with Crippen molar-refractivity contribution >= 4 is 5.82 Å². The Balaban J connectivity index is 1.40. The molecule has 1 saturated heterocycles. The van der Waals surface area contributed by atoms with Gasteiger partial charge in [-0.2, -0.15) is 10.2 Å². The van der Waals surface area contributed by atoms with Gasteiger partial charge in [0.25, 0.3) is 0 Å². The number of β-amino-alcohol motifs (C(OH)–C–C–N with tert-alkyl or cyclic N) is 1. The number of nitrogens with zero attached hydrogens (tertiary/aromatic N) is 5. The summed E-state index contributed by atoms with van der Waals surface area (Å²) in [6.45, 7) is 5.91. The smallest absolute Gasteiger partial charge is 0.224 e. The van der Waals surface area contributed by atoms with Crippen molar-refractivity contribution in [2.45, 2.75) is 12.8 Å². The van der Waals surface area contributed by atoms with Crippen LogP contribution in [0.1, 0.15) is 22.9 Å². The first kappa shape index (κ1) is 24.5. The molecule has 1 fully saturated rings. The maximum atomic E-state index is 13.5. The molecule has 1 atom stereocenters. The Hall–Kier alpha value is -4.20. The number of allylic oxidation sites excluding steroid dienone is 1. The summed E-state index contributed by atoms with van der Waals surface area (Å²) in [6.07, 6.45) is 0. The average Bonchev–Trinajstić information content (AvgIpc) is 2.89. The van der Waals surface area contributed by atoms with E-state index in [4.69, 9.17) is 15.2 Å². The fourth-order valence-corrected chi connectivity index (χ4v) is 4.70. The zero-order valence-electron chi connectivity index (χ0n) is 20.4. The zero-order chi connectivity index (χ0) is 25.9. The van der Waals surface area contributed by atoms with Crippen molar-refractivity contribution in [3.05, 3.63) is 82.8 Å². The Morgan fingerprint density at radius 2 is 1.89 bits per heavy atom. The van der Waals surface area contributed by atoms with E-state index in [2.05, 4.69) is 25.8 Å². The summed E-state index contributed by atoms with van der Waals surface area (Å²) in [5.74, 6) is 1.86. The molecule has 2 aromatic carbocycles. The third-order valence-electron chi connectivity index (χ3n) is 6.53. The highest BCUT2D eigenvalue weighted by atomic mass is 19.1. The maximum absolute atomic E-state index is 13.5. The second kappa shape index (κ2) is 10.4. The van der Waals surface area contributed by atoms with Gasteiger partial charge in [-0.3, -0.25) is 4.90 Å². The Morgan fingerprint density at radius 1 is 1.14 bits per heavy atom. The van der Waals surface area contributed by atoms with E-state index in [9.17, 15) is 14.8 Å². The topological polar surface area (TPSA) is 121 Å². The summed E-state index contributed by atoms with van der Waals surface area (Å²) < 4.78 is 25.4. The minimum Gasteiger partial charge on any atom is -0.440 e. The van der Waals surface area contributed by atoms with Crippen molar-refractivity contribution in [3.63, 3.8) is 0 Å². The van der Waals surface area contributed by atoms with Crippen molar-refractivity contribution < 1.29 is 19.0 Å². The highest BCUT2D eigenvalue weighted by Gasteiger charge is 2.31. The van der Waals surface area contributed by atoms with E-state index in [0.29, 0.717) is 29.7 Å². The first-order valence-electron chi connectivity index (χ1n) is 12.0. The van der Waals surface area contributed by atoms with E-state index >= 15 is 0 Å². The van der Waals surface area contributed by atoms with Gasteiger partial charge in [0.1, 0.15) is 40.6 Å². The first-order chi connectivity index (χ1) is 17.9. The second-order valence-corrected chi connectivity index (χ2v) is 8.94. The lowest BCUT2D eigenvalue weighted by molar-refractivity contribution is 0.188. The molecule has 0 saturated carbocycles. The van der Waals surface area contributed by atoms with E-state index in [1.807, 2.05) is 13.0 Å². The van der Waals surface area contributed by atoms with E-state index < -0.39 is 5.92 Å². The van der Waals surface area contributed by atoms with Gasteiger partial charge in [0.2, 0.25) is 11.8 Å². The normalized spacial score (nSPS) is 17.7. The number of aliphatic hydroxyl groups excluding tert-OH is 1.